The summed E-state index contributed by atoms with van der Waals surface area (Å²) in [4.78, 5) is 32.2. The Morgan fingerprint density at radius 3 is 2.88 bits per heavy atom. The van der Waals surface area contributed by atoms with E-state index in [1.165, 1.54) is 35.8 Å². The lowest BCUT2D eigenvalue weighted by atomic mass is 10.2. The highest BCUT2D eigenvalue weighted by molar-refractivity contribution is 7.16. The quantitative estimate of drug-likeness (QED) is 0.655. The first-order valence-electron chi connectivity index (χ1n) is 7.13. The molecule has 0 saturated heterocycles. The van der Waals surface area contributed by atoms with Crippen molar-refractivity contribution >= 4 is 33.4 Å². The molecular weight excluding hydrogens is 330 g/mol. The van der Waals surface area contributed by atoms with E-state index in [-0.39, 0.29) is 19.0 Å². The monoisotopic (exact) mass is 345 g/mol. The highest BCUT2D eigenvalue weighted by Gasteiger charge is 2.12. The van der Waals surface area contributed by atoms with Crippen LogP contribution in [0.4, 0.5) is 0 Å². The summed E-state index contributed by atoms with van der Waals surface area (Å²) in [5.74, 6) is -0.775. The molecule has 0 spiro atoms. The topological polar surface area (TPSA) is 91.4 Å². The molecule has 8 nitrogen and oxygen atoms in total. The molecule has 0 saturated carbocycles. The number of thiazole rings is 1. The number of esters is 1. The summed E-state index contributed by atoms with van der Waals surface area (Å²) in [5.41, 5.74) is 1.93. The van der Waals surface area contributed by atoms with Gasteiger partial charge in [-0.1, -0.05) is 17.4 Å². The van der Waals surface area contributed by atoms with Gasteiger partial charge in [0.25, 0.3) is 5.91 Å². The predicted molar refractivity (Wildman–Crippen MR) is 87.2 cm³/mol. The zero-order valence-corrected chi connectivity index (χ0v) is 14.0. The van der Waals surface area contributed by atoms with E-state index in [0.717, 1.165) is 15.8 Å². The average Bonchev–Trinajstić information content (AvgIpc) is 3.15. The molecule has 0 aliphatic heterocycles. The number of ether oxygens (including phenoxy) is 1. The first-order valence-corrected chi connectivity index (χ1v) is 7.95. The van der Waals surface area contributed by atoms with Crippen molar-refractivity contribution in [2.75, 3.05) is 7.11 Å². The molecule has 2 aromatic heterocycles. The van der Waals surface area contributed by atoms with Gasteiger partial charge in [0.1, 0.15) is 25.7 Å². The van der Waals surface area contributed by atoms with E-state index in [1.807, 2.05) is 25.1 Å². The van der Waals surface area contributed by atoms with E-state index in [4.69, 9.17) is 4.74 Å². The van der Waals surface area contributed by atoms with Crippen molar-refractivity contribution in [1.82, 2.24) is 19.3 Å². The van der Waals surface area contributed by atoms with Crippen LogP contribution in [0.5, 0.6) is 0 Å². The average molecular weight is 345 g/mol. The highest BCUT2D eigenvalue weighted by atomic mass is 32.1. The van der Waals surface area contributed by atoms with Crippen molar-refractivity contribution in [3.8, 4) is 0 Å². The van der Waals surface area contributed by atoms with Crippen molar-refractivity contribution in [3.05, 3.63) is 41.2 Å². The maximum absolute atomic E-state index is 12.2. The highest BCUT2D eigenvalue weighted by Crippen LogP contribution is 2.19. The van der Waals surface area contributed by atoms with Gasteiger partial charge in [-0.25, -0.2) is 9.67 Å². The number of hydrogen-bond donors (Lipinski definition) is 0. The Morgan fingerprint density at radius 1 is 1.33 bits per heavy atom. The predicted octanol–water partition coefficient (Wildman–Crippen LogP) is 0.903. The molecule has 0 aliphatic carbocycles. The zero-order valence-electron chi connectivity index (χ0n) is 13.2. The molecule has 0 atom stereocenters. The third-order valence-corrected chi connectivity index (χ3v) is 4.38. The van der Waals surface area contributed by atoms with Crippen LogP contribution in [0, 0.1) is 6.92 Å². The third kappa shape index (κ3) is 3.40. The molecule has 0 bridgehead atoms. The van der Waals surface area contributed by atoms with Crippen LogP contribution in [0.25, 0.3) is 10.2 Å². The van der Waals surface area contributed by atoms with E-state index >= 15 is 0 Å². The van der Waals surface area contributed by atoms with Crippen molar-refractivity contribution < 1.29 is 14.3 Å². The van der Waals surface area contributed by atoms with Gasteiger partial charge in [0.2, 0.25) is 0 Å². The molecule has 1 amide bonds. The minimum absolute atomic E-state index is 0.00496. The Balaban J connectivity index is 2.04. The van der Waals surface area contributed by atoms with Crippen LogP contribution in [0.3, 0.4) is 0 Å². The Labute approximate surface area is 141 Å². The lowest BCUT2D eigenvalue weighted by molar-refractivity contribution is -0.141. The maximum atomic E-state index is 12.2. The standard InChI is InChI=1S/C15H15N5O3S/c1-10-3-4-11-12(5-10)24-15(20(11)7-14(22)23-2)18-13(21)6-19-9-16-8-17-19/h3-5,8-9H,6-7H2,1-2H3. The van der Waals surface area contributed by atoms with Gasteiger partial charge in [-0.05, 0) is 24.6 Å². The van der Waals surface area contributed by atoms with Crippen LogP contribution in [0.1, 0.15) is 5.56 Å². The van der Waals surface area contributed by atoms with Crippen LogP contribution in [0.2, 0.25) is 0 Å². The fourth-order valence-corrected chi connectivity index (χ4v) is 3.35. The maximum Gasteiger partial charge on any atom is 0.325 e. The Kier molecular flexibility index (Phi) is 4.52. The molecular formula is C15H15N5O3S. The number of fused-ring (bicyclic) bond motifs is 1. The molecule has 124 valence electrons. The van der Waals surface area contributed by atoms with Gasteiger partial charge >= 0.3 is 5.97 Å². The smallest absolute Gasteiger partial charge is 0.325 e. The van der Waals surface area contributed by atoms with Crippen LogP contribution in [-0.2, 0) is 27.4 Å². The van der Waals surface area contributed by atoms with E-state index in [0.29, 0.717) is 4.80 Å². The van der Waals surface area contributed by atoms with Crippen molar-refractivity contribution in [2.45, 2.75) is 20.0 Å². The summed E-state index contributed by atoms with van der Waals surface area (Å²) in [7, 11) is 1.33. The van der Waals surface area contributed by atoms with Gasteiger partial charge in [-0.3, -0.25) is 9.59 Å². The summed E-state index contributed by atoms with van der Waals surface area (Å²) in [5, 5.41) is 3.88. The van der Waals surface area contributed by atoms with E-state index in [1.54, 1.807) is 4.57 Å². The second-order valence-corrected chi connectivity index (χ2v) is 6.13. The first kappa shape index (κ1) is 16.1. The molecule has 1 aromatic carbocycles. The zero-order chi connectivity index (χ0) is 17.1. The third-order valence-electron chi connectivity index (χ3n) is 3.34. The molecule has 0 radical (unpaired) electrons. The molecule has 9 heteroatoms. The summed E-state index contributed by atoms with van der Waals surface area (Å²) >= 11 is 1.35. The summed E-state index contributed by atoms with van der Waals surface area (Å²) in [6, 6.07) is 5.85. The first-order chi connectivity index (χ1) is 11.6. The Morgan fingerprint density at radius 2 is 2.17 bits per heavy atom. The number of rotatable bonds is 4. The van der Waals surface area contributed by atoms with Crippen LogP contribution >= 0.6 is 11.3 Å². The number of carbonyl (C=O) groups is 2. The SMILES string of the molecule is COC(=O)Cn1c(=NC(=O)Cn2cncn2)sc2cc(C)ccc21. The van der Waals surface area contributed by atoms with Crippen molar-refractivity contribution in [1.29, 1.82) is 0 Å². The lowest BCUT2D eigenvalue weighted by Crippen LogP contribution is -2.23. The fraction of sp³-hybridized carbons (Fsp3) is 0.267. The van der Waals surface area contributed by atoms with Gasteiger partial charge < -0.3 is 9.30 Å². The molecule has 3 aromatic rings. The largest absolute Gasteiger partial charge is 0.468 e. The minimum Gasteiger partial charge on any atom is -0.468 e. The van der Waals surface area contributed by atoms with E-state index in [9.17, 15) is 9.59 Å². The number of aryl methyl sites for hydroxylation is 1. The lowest BCUT2D eigenvalue weighted by Gasteiger charge is -2.03. The molecule has 2 heterocycles. The number of benzene rings is 1. The number of nitrogens with zero attached hydrogens (tertiary/aromatic N) is 5. The second-order valence-electron chi connectivity index (χ2n) is 5.12. The van der Waals surface area contributed by atoms with Gasteiger partial charge in [0.15, 0.2) is 4.80 Å². The second kappa shape index (κ2) is 6.75. The van der Waals surface area contributed by atoms with E-state index in [2.05, 4.69) is 15.1 Å². The molecule has 24 heavy (non-hydrogen) atoms. The number of methoxy groups -OCH3 is 1. The molecule has 0 N–H and O–H groups in total. The molecule has 0 aliphatic rings. The number of amides is 1. The van der Waals surface area contributed by atoms with E-state index < -0.39 is 5.97 Å². The number of carbonyl (C=O) groups excluding carboxylic acids is 2. The number of aromatic nitrogens is 4. The van der Waals surface area contributed by atoms with Gasteiger partial charge in [-0.2, -0.15) is 10.1 Å². The van der Waals surface area contributed by atoms with Gasteiger partial charge in [-0.15, -0.1) is 0 Å². The van der Waals surface area contributed by atoms with Crippen LogP contribution < -0.4 is 4.80 Å². The van der Waals surface area contributed by atoms with Gasteiger partial charge in [0.05, 0.1) is 17.3 Å². The normalized spacial score (nSPS) is 11.8. The molecule has 0 unspecified atom stereocenters. The summed E-state index contributed by atoms with van der Waals surface area (Å²) in [6.45, 7) is 1.97. The van der Waals surface area contributed by atoms with Crippen LogP contribution in [-0.4, -0.2) is 38.3 Å². The molecule has 3 rings (SSSR count). The van der Waals surface area contributed by atoms with Crippen LogP contribution in [0.15, 0.2) is 35.8 Å². The van der Waals surface area contributed by atoms with Crippen molar-refractivity contribution in [3.63, 3.8) is 0 Å². The number of hydrogen-bond acceptors (Lipinski definition) is 6. The Hall–Kier alpha value is -2.81. The summed E-state index contributed by atoms with van der Waals surface area (Å²) < 4.78 is 8.77. The van der Waals surface area contributed by atoms with Crippen molar-refractivity contribution in [2.24, 2.45) is 4.99 Å². The summed E-state index contributed by atoms with van der Waals surface area (Å²) in [6.07, 6.45) is 2.80. The molecule has 0 fully saturated rings. The minimum atomic E-state index is -0.402. The Bertz CT molecular complexity index is 955. The fourth-order valence-electron chi connectivity index (χ4n) is 2.21. The van der Waals surface area contributed by atoms with Gasteiger partial charge in [0, 0.05) is 0 Å².